The van der Waals surface area contributed by atoms with Crippen molar-refractivity contribution in [3.63, 3.8) is 0 Å². The largest absolute Gasteiger partial charge is 0.466 e. The Kier molecular flexibility index (Phi) is 4.79. The van der Waals surface area contributed by atoms with E-state index < -0.39 is 11.6 Å². The second-order valence-corrected chi connectivity index (χ2v) is 6.62. The molecule has 2 aromatic rings. The van der Waals surface area contributed by atoms with Crippen LogP contribution in [0.1, 0.15) is 33.9 Å². The van der Waals surface area contributed by atoms with Gasteiger partial charge in [-0.25, -0.2) is 8.78 Å². The Morgan fingerprint density at radius 1 is 1.24 bits per heavy atom. The molecule has 6 heteroatoms. The van der Waals surface area contributed by atoms with Gasteiger partial charge in [0, 0.05) is 37.0 Å². The van der Waals surface area contributed by atoms with Gasteiger partial charge in [-0.1, -0.05) is 0 Å². The third-order valence-corrected chi connectivity index (χ3v) is 4.89. The van der Waals surface area contributed by atoms with Crippen LogP contribution in [0.4, 0.5) is 14.5 Å². The van der Waals surface area contributed by atoms with Crippen LogP contribution in [0.5, 0.6) is 0 Å². The molecule has 1 N–H and O–H groups in total. The van der Waals surface area contributed by atoms with Gasteiger partial charge in [-0.2, -0.15) is 0 Å². The molecule has 1 aromatic heterocycles. The summed E-state index contributed by atoms with van der Waals surface area (Å²) in [7, 11) is 0. The minimum atomic E-state index is -0.840. The first-order valence-electron chi connectivity index (χ1n) is 8.41. The van der Waals surface area contributed by atoms with Crippen molar-refractivity contribution in [3.8, 4) is 0 Å². The Labute approximate surface area is 145 Å². The number of hydrogen-bond donors (Lipinski definition) is 1. The van der Waals surface area contributed by atoms with Crippen LogP contribution in [-0.4, -0.2) is 25.5 Å². The zero-order chi connectivity index (χ0) is 18.1. The lowest BCUT2D eigenvalue weighted by molar-refractivity contribution is 0.0946. The lowest BCUT2D eigenvalue weighted by atomic mass is 10.1. The molecule has 0 aliphatic carbocycles. The summed E-state index contributed by atoms with van der Waals surface area (Å²) in [6, 6.07) is 3.95. The first kappa shape index (κ1) is 17.5. The fourth-order valence-corrected chi connectivity index (χ4v) is 3.37. The molecule has 0 saturated carbocycles. The van der Waals surface area contributed by atoms with Gasteiger partial charge in [0.15, 0.2) is 11.6 Å². The van der Waals surface area contributed by atoms with E-state index in [0.717, 1.165) is 30.4 Å². The molecule has 1 amide bonds. The molecule has 3 rings (SSSR count). The van der Waals surface area contributed by atoms with E-state index in [1.165, 1.54) is 6.07 Å². The number of carbonyl (C=O) groups excluding carboxylic acids is 1. The van der Waals surface area contributed by atoms with Crippen LogP contribution in [0.3, 0.4) is 0 Å². The summed E-state index contributed by atoms with van der Waals surface area (Å²) in [6.45, 7) is 7.51. The Hall–Kier alpha value is -2.37. The Morgan fingerprint density at radius 2 is 2.00 bits per heavy atom. The lowest BCUT2D eigenvalue weighted by Crippen LogP contribution is -2.31. The Balaban J connectivity index is 1.58. The van der Waals surface area contributed by atoms with Gasteiger partial charge in [-0.05, 0) is 45.2 Å². The molecule has 4 nitrogen and oxygen atoms in total. The summed E-state index contributed by atoms with van der Waals surface area (Å²) in [5, 5.41) is 2.97. The number of carbonyl (C=O) groups is 1. The second-order valence-electron chi connectivity index (χ2n) is 6.62. The van der Waals surface area contributed by atoms with Crippen LogP contribution < -0.4 is 10.2 Å². The molecule has 2 heterocycles. The zero-order valence-electron chi connectivity index (χ0n) is 14.7. The molecular weight excluding hydrogens is 326 g/mol. The highest BCUT2D eigenvalue weighted by Gasteiger charge is 2.25. The summed E-state index contributed by atoms with van der Waals surface area (Å²) < 4.78 is 31.9. The first-order chi connectivity index (χ1) is 11.9. The van der Waals surface area contributed by atoms with Crippen LogP contribution in [-0.2, 0) is 0 Å². The van der Waals surface area contributed by atoms with E-state index in [9.17, 15) is 13.6 Å². The van der Waals surface area contributed by atoms with Gasteiger partial charge in [0.2, 0.25) is 0 Å². The van der Waals surface area contributed by atoms with Crippen molar-refractivity contribution in [2.75, 3.05) is 24.5 Å². The third kappa shape index (κ3) is 3.52. The quantitative estimate of drug-likeness (QED) is 0.915. The minimum Gasteiger partial charge on any atom is -0.466 e. The molecule has 1 atom stereocenters. The molecule has 0 radical (unpaired) electrons. The number of amides is 1. The van der Waals surface area contributed by atoms with Gasteiger partial charge < -0.3 is 14.6 Å². The van der Waals surface area contributed by atoms with Crippen molar-refractivity contribution < 1.29 is 18.0 Å². The van der Waals surface area contributed by atoms with Gasteiger partial charge >= 0.3 is 0 Å². The molecule has 134 valence electrons. The van der Waals surface area contributed by atoms with E-state index in [0.29, 0.717) is 30.1 Å². The van der Waals surface area contributed by atoms with E-state index in [-0.39, 0.29) is 11.8 Å². The number of nitrogens with zero attached hydrogens (tertiary/aromatic N) is 1. The SMILES string of the molecule is Cc1oc(C)c(C(=O)NC[C@H]2CCN(c3ccc(F)c(F)c3)C2)c1C. The molecule has 1 saturated heterocycles. The maximum atomic E-state index is 13.4. The number of nitrogens with one attached hydrogen (secondary N) is 1. The zero-order valence-corrected chi connectivity index (χ0v) is 14.7. The minimum absolute atomic E-state index is 0.127. The van der Waals surface area contributed by atoms with E-state index in [1.807, 2.05) is 18.7 Å². The number of benzene rings is 1. The van der Waals surface area contributed by atoms with Crippen LogP contribution in [0, 0.1) is 38.3 Å². The second kappa shape index (κ2) is 6.86. The average molecular weight is 348 g/mol. The number of anilines is 1. The molecular formula is C19H22F2N2O2. The highest BCUT2D eigenvalue weighted by Crippen LogP contribution is 2.25. The predicted molar refractivity (Wildman–Crippen MR) is 91.9 cm³/mol. The van der Waals surface area contributed by atoms with Crippen molar-refractivity contribution in [2.24, 2.45) is 5.92 Å². The number of aryl methyl sites for hydroxylation is 2. The summed E-state index contributed by atoms with van der Waals surface area (Å²) in [5.74, 6) is -0.150. The van der Waals surface area contributed by atoms with Gasteiger partial charge in [0.05, 0.1) is 5.56 Å². The van der Waals surface area contributed by atoms with Crippen molar-refractivity contribution in [3.05, 3.63) is 52.5 Å². The third-order valence-electron chi connectivity index (χ3n) is 4.89. The monoisotopic (exact) mass is 348 g/mol. The molecule has 0 spiro atoms. The highest BCUT2D eigenvalue weighted by molar-refractivity contribution is 5.96. The highest BCUT2D eigenvalue weighted by atomic mass is 19.2. The van der Waals surface area contributed by atoms with Crippen molar-refractivity contribution in [2.45, 2.75) is 27.2 Å². The fourth-order valence-electron chi connectivity index (χ4n) is 3.37. The van der Waals surface area contributed by atoms with Gasteiger partial charge in [-0.3, -0.25) is 4.79 Å². The normalized spacial score (nSPS) is 17.2. The number of hydrogen-bond acceptors (Lipinski definition) is 3. The van der Waals surface area contributed by atoms with E-state index in [1.54, 1.807) is 13.0 Å². The van der Waals surface area contributed by atoms with Gasteiger partial charge in [0.25, 0.3) is 5.91 Å². The lowest BCUT2D eigenvalue weighted by Gasteiger charge is -2.19. The maximum Gasteiger partial charge on any atom is 0.255 e. The number of halogens is 2. The smallest absolute Gasteiger partial charge is 0.255 e. The van der Waals surface area contributed by atoms with E-state index >= 15 is 0 Å². The molecule has 1 aromatic carbocycles. The van der Waals surface area contributed by atoms with E-state index in [2.05, 4.69) is 5.32 Å². The van der Waals surface area contributed by atoms with Crippen LogP contribution >= 0.6 is 0 Å². The van der Waals surface area contributed by atoms with Crippen LogP contribution in [0.15, 0.2) is 22.6 Å². The molecule has 25 heavy (non-hydrogen) atoms. The van der Waals surface area contributed by atoms with Crippen molar-refractivity contribution >= 4 is 11.6 Å². The first-order valence-corrected chi connectivity index (χ1v) is 8.41. The average Bonchev–Trinajstić information content (AvgIpc) is 3.13. The van der Waals surface area contributed by atoms with Crippen LogP contribution in [0.2, 0.25) is 0 Å². The van der Waals surface area contributed by atoms with Gasteiger partial charge in [0.1, 0.15) is 11.5 Å². The summed E-state index contributed by atoms with van der Waals surface area (Å²) in [5.41, 5.74) is 2.14. The van der Waals surface area contributed by atoms with Crippen molar-refractivity contribution in [1.29, 1.82) is 0 Å². The Bertz CT molecular complexity index is 801. The maximum absolute atomic E-state index is 13.4. The molecule has 1 fully saturated rings. The molecule has 1 aliphatic heterocycles. The molecule has 0 bridgehead atoms. The van der Waals surface area contributed by atoms with Gasteiger partial charge in [-0.15, -0.1) is 0 Å². The summed E-state index contributed by atoms with van der Waals surface area (Å²) in [4.78, 5) is 14.4. The number of furan rings is 1. The predicted octanol–water partition coefficient (Wildman–Crippen LogP) is 3.74. The molecule has 1 aliphatic rings. The van der Waals surface area contributed by atoms with Crippen molar-refractivity contribution in [1.82, 2.24) is 5.32 Å². The summed E-state index contributed by atoms with van der Waals surface area (Å²) in [6.07, 6.45) is 0.891. The fraction of sp³-hybridized carbons (Fsp3) is 0.421. The summed E-state index contributed by atoms with van der Waals surface area (Å²) >= 11 is 0. The standard InChI is InChI=1S/C19H22F2N2O2/c1-11-12(2)25-13(3)18(11)19(24)22-9-14-6-7-23(10-14)15-4-5-16(20)17(21)8-15/h4-5,8,14H,6-7,9-10H2,1-3H3,(H,22,24)/t14-/m1/s1. The molecule has 0 unspecified atom stereocenters. The number of rotatable bonds is 4. The topological polar surface area (TPSA) is 45.5 Å². The van der Waals surface area contributed by atoms with E-state index in [4.69, 9.17) is 4.42 Å². The Morgan fingerprint density at radius 3 is 2.64 bits per heavy atom. The van der Waals surface area contributed by atoms with Crippen LogP contribution in [0.25, 0.3) is 0 Å².